The number of aromatic nitrogens is 1. The van der Waals surface area contributed by atoms with Crippen LogP contribution in [0.5, 0.6) is 0 Å². The van der Waals surface area contributed by atoms with Crippen molar-refractivity contribution >= 4 is 11.8 Å². The molecular weight excluding hydrogens is 252 g/mol. The minimum Gasteiger partial charge on any atom is -0.480 e. The lowest BCUT2D eigenvalue weighted by molar-refractivity contribution is -0.143. The maximum atomic E-state index is 11.7. The van der Waals surface area contributed by atoms with Crippen molar-refractivity contribution < 1.29 is 9.90 Å². The molecular formula is C16H24N2O2. The van der Waals surface area contributed by atoms with Gasteiger partial charge in [0, 0.05) is 17.7 Å². The van der Waals surface area contributed by atoms with Crippen LogP contribution in [0.15, 0.2) is 18.2 Å². The van der Waals surface area contributed by atoms with Crippen molar-refractivity contribution in [2.24, 2.45) is 0 Å². The Morgan fingerprint density at radius 2 is 2.05 bits per heavy atom. The minimum absolute atomic E-state index is 0.0363. The molecule has 1 atom stereocenters. The summed E-state index contributed by atoms with van der Waals surface area (Å²) in [5.41, 5.74) is 0.112. The van der Waals surface area contributed by atoms with Gasteiger partial charge in [0.2, 0.25) is 0 Å². The van der Waals surface area contributed by atoms with E-state index in [0.29, 0.717) is 6.42 Å². The van der Waals surface area contributed by atoms with E-state index in [-0.39, 0.29) is 5.41 Å². The van der Waals surface area contributed by atoms with Gasteiger partial charge in [-0.25, -0.2) is 9.78 Å². The molecule has 110 valence electrons. The highest BCUT2D eigenvalue weighted by Crippen LogP contribution is 2.33. The number of pyridine rings is 1. The number of hydrogen-bond acceptors (Lipinski definition) is 3. The summed E-state index contributed by atoms with van der Waals surface area (Å²) in [7, 11) is 0. The molecule has 1 saturated heterocycles. The first kappa shape index (κ1) is 14.8. The van der Waals surface area contributed by atoms with Gasteiger partial charge in [-0.1, -0.05) is 26.8 Å². The van der Waals surface area contributed by atoms with Crippen LogP contribution in [0.4, 0.5) is 5.82 Å². The molecule has 0 bridgehead atoms. The van der Waals surface area contributed by atoms with Gasteiger partial charge in [-0.15, -0.1) is 0 Å². The van der Waals surface area contributed by atoms with Gasteiger partial charge in [-0.3, -0.25) is 0 Å². The molecule has 1 aromatic rings. The first-order valence-electron chi connectivity index (χ1n) is 7.24. The maximum Gasteiger partial charge on any atom is 0.329 e. The van der Waals surface area contributed by atoms with Crippen molar-refractivity contribution in [3.63, 3.8) is 0 Å². The number of aliphatic carboxylic acids is 1. The van der Waals surface area contributed by atoms with E-state index in [1.165, 1.54) is 0 Å². The summed E-state index contributed by atoms with van der Waals surface area (Å²) in [6, 6.07) is 5.90. The van der Waals surface area contributed by atoms with Gasteiger partial charge in [-0.2, -0.15) is 0 Å². The smallest absolute Gasteiger partial charge is 0.329 e. The van der Waals surface area contributed by atoms with Gasteiger partial charge in [0.25, 0.3) is 0 Å². The van der Waals surface area contributed by atoms with Crippen LogP contribution in [0.25, 0.3) is 0 Å². The van der Waals surface area contributed by atoms with E-state index in [1.54, 1.807) is 6.92 Å². The second-order valence-electron chi connectivity index (χ2n) is 6.82. The highest BCUT2D eigenvalue weighted by molar-refractivity contribution is 5.83. The second-order valence-corrected chi connectivity index (χ2v) is 6.82. The van der Waals surface area contributed by atoms with Gasteiger partial charge in [0.15, 0.2) is 0 Å². The number of nitrogens with zero attached hydrogens (tertiary/aromatic N) is 2. The topological polar surface area (TPSA) is 53.4 Å². The van der Waals surface area contributed by atoms with E-state index in [9.17, 15) is 9.90 Å². The molecule has 1 aromatic heterocycles. The van der Waals surface area contributed by atoms with Gasteiger partial charge in [0.1, 0.15) is 11.4 Å². The second kappa shape index (κ2) is 5.08. The Bertz CT molecular complexity index is 507. The zero-order valence-electron chi connectivity index (χ0n) is 12.8. The molecule has 4 heteroatoms. The van der Waals surface area contributed by atoms with Gasteiger partial charge in [0.05, 0.1) is 0 Å². The van der Waals surface area contributed by atoms with Gasteiger partial charge in [-0.05, 0) is 38.3 Å². The molecule has 1 aliphatic rings. The zero-order chi connectivity index (χ0) is 15.0. The predicted molar refractivity (Wildman–Crippen MR) is 80.2 cm³/mol. The maximum absolute atomic E-state index is 11.7. The first-order chi connectivity index (χ1) is 9.25. The molecule has 20 heavy (non-hydrogen) atoms. The number of anilines is 1. The summed E-state index contributed by atoms with van der Waals surface area (Å²) in [5, 5.41) is 9.59. The Kier molecular flexibility index (Phi) is 3.76. The van der Waals surface area contributed by atoms with Crippen LogP contribution in [0.3, 0.4) is 0 Å². The van der Waals surface area contributed by atoms with Crippen LogP contribution in [0.1, 0.15) is 52.7 Å². The van der Waals surface area contributed by atoms with Crippen LogP contribution >= 0.6 is 0 Å². The average Bonchev–Trinajstić information content (AvgIpc) is 2.38. The summed E-state index contributed by atoms with van der Waals surface area (Å²) >= 11 is 0. The molecule has 4 nitrogen and oxygen atoms in total. The van der Waals surface area contributed by atoms with E-state index >= 15 is 0 Å². The zero-order valence-corrected chi connectivity index (χ0v) is 12.8. The monoisotopic (exact) mass is 276 g/mol. The Labute approximate surface area is 120 Å². The Morgan fingerprint density at radius 1 is 1.35 bits per heavy atom. The number of carbonyl (C=O) groups is 1. The molecule has 0 spiro atoms. The highest BCUT2D eigenvalue weighted by Gasteiger charge is 2.42. The summed E-state index contributed by atoms with van der Waals surface area (Å²) in [4.78, 5) is 18.3. The van der Waals surface area contributed by atoms with E-state index in [1.807, 2.05) is 23.1 Å². The number of carboxylic acids is 1. The molecule has 1 N–H and O–H groups in total. The summed E-state index contributed by atoms with van der Waals surface area (Å²) in [5.74, 6) is 0.0159. The minimum atomic E-state index is -0.845. The summed E-state index contributed by atoms with van der Waals surface area (Å²) in [6.45, 7) is 8.91. The van der Waals surface area contributed by atoms with E-state index in [0.717, 1.165) is 30.9 Å². The molecule has 1 unspecified atom stereocenters. The normalized spacial score (nSPS) is 23.7. The molecule has 2 rings (SSSR count). The third-order valence-corrected chi connectivity index (χ3v) is 4.13. The van der Waals surface area contributed by atoms with Crippen LogP contribution in [0.2, 0.25) is 0 Å². The van der Waals surface area contributed by atoms with Crippen molar-refractivity contribution in [2.75, 3.05) is 11.4 Å². The van der Waals surface area contributed by atoms with Crippen molar-refractivity contribution in [3.8, 4) is 0 Å². The Hall–Kier alpha value is -1.58. The molecule has 1 aliphatic heterocycles. The number of rotatable bonds is 2. The molecule has 0 amide bonds. The first-order valence-corrected chi connectivity index (χ1v) is 7.24. The van der Waals surface area contributed by atoms with Crippen molar-refractivity contribution in [1.82, 2.24) is 4.98 Å². The fourth-order valence-electron chi connectivity index (χ4n) is 2.70. The fourth-order valence-corrected chi connectivity index (χ4v) is 2.70. The molecule has 0 radical (unpaired) electrons. The van der Waals surface area contributed by atoms with Crippen LogP contribution in [-0.2, 0) is 10.2 Å². The van der Waals surface area contributed by atoms with E-state index in [2.05, 4.69) is 20.8 Å². The predicted octanol–water partition coefficient (Wildman–Crippen LogP) is 3.21. The van der Waals surface area contributed by atoms with E-state index in [4.69, 9.17) is 4.98 Å². The number of piperidine rings is 1. The average molecular weight is 276 g/mol. The summed E-state index contributed by atoms with van der Waals surface area (Å²) in [6.07, 6.45) is 2.65. The van der Waals surface area contributed by atoms with Crippen LogP contribution in [-0.4, -0.2) is 28.1 Å². The molecule has 0 aliphatic carbocycles. The molecule has 1 fully saturated rings. The Morgan fingerprint density at radius 3 is 2.65 bits per heavy atom. The molecule has 0 saturated carbocycles. The third-order valence-electron chi connectivity index (χ3n) is 4.13. The van der Waals surface area contributed by atoms with Crippen LogP contribution in [0, 0.1) is 0 Å². The lowest BCUT2D eigenvalue weighted by Gasteiger charge is -2.42. The number of carboxylic acid groups (broad SMARTS) is 1. The standard InChI is InChI=1S/C16H24N2O2/c1-15(2,3)12-8-7-9-13(17-12)18-11-6-5-10-16(18,4)14(19)20/h7-9H,5-6,10-11H2,1-4H3,(H,19,20). The van der Waals surface area contributed by atoms with Crippen molar-refractivity contribution in [1.29, 1.82) is 0 Å². The summed E-state index contributed by atoms with van der Waals surface area (Å²) < 4.78 is 0. The van der Waals surface area contributed by atoms with Crippen LogP contribution < -0.4 is 4.90 Å². The van der Waals surface area contributed by atoms with Crippen molar-refractivity contribution in [3.05, 3.63) is 23.9 Å². The van der Waals surface area contributed by atoms with E-state index < -0.39 is 11.5 Å². The number of hydrogen-bond donors (Lipinski definition) is 1. The lowest BCUT2D eigenvalue weighted by Crippen LogP contribution is -2.55. The van der Waals surface area contributed by atoms with Gasteiger partial charge < -0.3 is 10.0 Å². The van der Waals surface area contributed by atoms with Gasteiger partial charge >= 0.3 is 5.97 Å². The largest absolute Gasteiger partial charge is 0.480 e. The SMILES string of the molecule is CC(C)(C)c1cccc(N2CCCCC2(C)C(=O)O)n1. The highest BCUT2D eigenvalue weighted by atomic mass is 16.4. The fraction of sp³-hybridized carbons (Fsp3) is 0.625. The molecule has 2 heterocycles. The Balaban J connectivity index is 2.41. The molecule has 0 aromatic carbocycles. The lowest BCUT2D eigenvalue weighted by atomic mass is 9.88. The third kappa shape index (κ3) is 2.65. The quantitative estimate of drug-likeness (QED) is 0.901. The van der Waals surface area contributed by atoms with Crippen molar-refractivity contribution in [2.45, 2.75) is 57.9 Å².